The summed E-state index contributed by atoms with van der Waals surface area (Å²) in [6.45, 7) is 6.51. The minimum atomic E-state index is -0.203. The van der Waals surface area contributed by atoms with Crippen LogP contribution in [0.4, 0.5) is 4.39 Å². The van der Waals surface area contributed by atoms with Gasteiger partial charge in [0.25, 0.3) is 0 Å². The summed E-state index contributed by atoms with van der Waals surface area (Å²) in [6.07, 6.45) is 1.83. The molecule has 0 spiro atoms. The second-order valence-electron chi connectivity index (χ2n) is 8.46. The van der Waals surface area contributed by atoms with E-state index in [4.69, 9.17) is 9.47 Å². The van der Waals surface area contributed by atoms with Crippen molar-refractivity contribution in [1.29, 1.82) is 0 Å². The van der Waals surface area contributed by atoms with Gasteiger partial charge in [-0.15, -0.1) is 0 Å². The third-order valence-electron chi connectivity index (χ3n) is 6.60. The highest BCUT2D eigenvalue weighted by molar-refractivity contribution is 5.80. The lowest BCUT2D eigenvalue weighted by Gasteiger charge is -2.40. The molecule has 31 heavy (non-hydrogen) atoms. The van der Waals surface area contributed by atoms with Gasteiger partial charge in [-0.05, 0) is 48.6 Å². The van der Waals surface area contributed by atoms with E-state index in [-0.39, 0.29) is 17.3 Å². The lowest BCUT2D eigenvalue weighted by molar-refractivity contribution is -0.00863. The van der Waals surface area contributed by atoms with E-state index in [1.54, 1.807) is 12.1 Å². The molecule has 166 valence electrons. The maximum Gasteiger partial charge on any atom is 0.193 e. The molecular weight excluding hydrogens is 393 g/mol. The fourth-order valence-corrected chi connectivity index (χ4v) is 4.69. The number of hydrogen-bond donors (Lipinski definition) is 1. The third-order valence-corrected chi connectivity index (χ3v) is 6.60. The van der Waals surface area contributed by atoms with Crippen LogP contribution < -0.4 is 5.32 Å². The van der Waals surface area contributed by atoms with Crippen LogP contribution in [0.1, 0.15) is 35.6 Å². The molecule has 4 rings (SSSR count). The smallest absolute Gasteiger partial charge is 0.193 e. The predicted octanol–water partition coefficient (Wildman–Crippen LogP) is 3.83. The Kier molecular flexibility index (Phi) is 6.88. The van der Waals surface area contributed by atoms with Gasteiger partial charge in [-0.2, -0.15) is 0 Å². The van der Waals surface area contributed by atoms with Crippen molar-refractivity contribution in [2.45, 2.75) is 31.3 Å². The van der Waals surface area contributed by atoms with E-state index in [0.29, 0.717) is 19.8 Å². The van der Waals surface area contributed by atoms with E-state index >= 15 is 0 Å². The van der Waals surface area contributed by atoms with Gasteiger partial charge in [-0.25, -0.2) is 4.39 Å². The first-order valence-corrected chi connectivity index (χ1v) is 11.1. The summed E-state index contributed by atoms with van der Waals surface area (Å²) in [5.41, 5.74) is 3.54. The Morgan fingerprint density at radius 2 is 1.87 bits per heavy atom. The molecule has 2 aromatic rings. The molecule has 1 atom stereocenters. The van der Waals surface area contributed by atoms with Crippen LogP contribution in [0.5, 0.6) is 0 Å². The second kappa shape index (κ2) is 9.79. The maximum atomic E-state index is 13.5. The van der Waals surface area contributed by atoms with Crippen LogP contribution in [-0.4, -0.2) is 57.4 Å². The number of guanidine groups is 1. The molecular formula is C25H32FN3O2. The maximum absolute atomic E-state index is 13.5. The first-order valence-electron chi connectivity index (χ1n) is 11.1. The normalized spacial score (nSPS) is 21.7. The molecule has 1 N–H and O–H groups in total. The highest BCUT2D eigenvalue weighted by Gasteiger charge is 2.35. The van der Waals surface area contributed by atoms with E-state index < -0.39 is 0 Å². The minimum Gasteiger partial charge on any atom is -0.381 e. The summed E-state index contributed by atoms with van der Waals surface area (Å²) in [7, 11) is 1.83. The lowest BCUT2D eigenvalue weighted by Crippen LogP contribution is -2.52. The average Bonchev–Trinajstić information content (AvgIpc) is 2.81. The number of nitrogens with one attached hydrogen (secondary N) is 1. The number of aryl methyl sites for hydroxylation is 1. The molecule has 2 heterocycles. The monoisotopic (exact) mass is 425 g/mol. The number of ether oxygens (including phenoxy) is 2. The van der Waals surface area contributed by atoms with Gasteiger partial charge in [0.1, 0.15) is 11.9 Å². The summed E-state index contributed by atoms with van der Waals surface area (Å²) < 4.78 is 25.2. The summed E-state index contributed by atoms with van der Waals surface area (Å²) in [6, 6.07) is 15.3. The standard InChI is InChI=1S/C25H32FN3O2/c1-19-5-3-4-6-22(19)23-17-29(13-16-31-23)24(27-2)28-18-25(11-14-30-15-12-25)20-7-9-21(26)10-8-20/h3-10,23H,11-18H2,1-2H3,(H,27,28). The number of aliphatic imine (C=N–C) groups is 1. The van der Waals surface area contributed by atoms with E-state index in [2.05, 4.69) is 46.4 Å². The van der Waals surface area contributed by atoms with Gasteiger partial charge in [-0.1, -0.05) is 36.4 Å². The molecule has 2 saturated heterocycles. The molecule has 6 heteroatoms. The van der Waals surface area contributed by atoms with Gasteiger partial charge >= 0.3 is 0 Å². The van der Waals surface area contributed by atoms with E-state index in [1.165, 1.54) is 11.1 Å². The largest absolute Gasteiger partial charge is 0.381 e. The van der Waals surface area contributed by atoms with Crippen molar-refractivity contribution in [2.75, 3.05) is 46.5 Å². The number of halogens is 1. The summed E-state index contributed by atoms with van der Waals surface area (Å²) >= 11 is 0. The van der Waals surface area contributed by atoms with Crippen molar-refractivity contribution < 1.29 is 13.9 Å². The Balaban J connectivity index is 1.47. The van der Waals surface area contributed by atoms with Crippen LogP contribution >= 0.6 is 0 Å². The molecule has 5 nitrogen and oxygen atoms in total. The predicted molar refractivity (Wildman–Crippen MR) is 121 cm³/mol. The van der Waals surface area contributed by atoms with Crippen molar-refractivity contribution in [2.24, 2.45) is 4.99 Å². The highest BCUT2D eigenvalue weighted by atomic mass is 19.1. The topological polar surface area (TPSA) is 46.1 Å². The zero-order chi connectivity index (χ0) is 21.7. The summed E-state index contributed by atoms with van der Waals surface area (Å²) in [5, 5.41) is 3.62. The average molecular weight is 426 g/mol. The minimum absolute atomic E-state index is 0.0302. The number of benzene rings is 2. The zero-order valence-corrected chi connectivity index (χ0v) is 18.4. The second-order valence-corrected chi connectivity index (χ2v) is 8.46. The molecule has 2 fully saturated rings. The highest BCUT2D eigenvalue weighted by Crippen LogP contribution is 2.34. The molecule has 0 aromatic heterocycles. The van der Waals surface area contributed by atoms with E-state index in [0.717, 1.165) is 44.0 Å². The first kappa shape index (κ1) is 21.8. The van der Waals surface area contributed by atoms with Crippen LogP contribution in [0.25, 0.3) is 0 Å². The van der Waals surface area contributed by atoms with Crippen molar-refractivity contribution in [3.63, 3.8) is 0 Å². The summed E-state index contributed by atoms with van der Waals surface area (Å²) in [4.78, 5) is 6.85. The van der Waals surface area contributed by atoms with Crippen molar-refractivity contribution in [3.8, 4) is 0 Å². The van der Waals surface area contributed by atoms with E-state index in [9.17, 15) is 4.39 Å². The zero-order valence-electron chi connectivity index (χ0n) is 18.4. The van der Waals surface area contributed by atoms with Gasteiger partial charge in [0.15, 0.2) is 5.96 Å². The van der Waals surface area contributed by atoms with Gasteiger partial charge in [-0.3, -0.25) is 4.99 Å². The Hall–Kier alpha value is -2.44. The Bertz CT molecular complexity index is 894. The van der Waals surface area contributed by atoms with Crippen molar-refractivity contribution in [1.82, 2.24) is 10.2 Å². The molecule has 0 saturated carbocycles. The van der Waals surface area contributed by atoms with Crippen LogP contribution in [-0.2, 0) is 14.9 Å². The van der Waals surface area contributed by atoms with Crippen LogP contribution in [0.15, 0.2) is 53.5 Å². The lowest BCUT2D eigenvalue weighted by atomic mass is 9.74. The molecule has 2 aromatic carbocycles. The van der Waals surface area contributed by atoms with Gasteiger partial charge < -0.3 is 19.7 Å². The molecule has 2 aliphatic rings. The Morgan fingerprint density at radius 3 is 2.58 bits per heavy atom. The van der Waals surface area contributed by atoms with Crippen molar-refractivity contribution >= 4 is 5.96 Å². The van der Waals surface area contributed by atoms with Gasteiger partial charge in [0, 0.05) is 38.8 Å². The van der Waals surface area contributed by atoms with Crippen molar-refractivity contribution in [3.05, 3.63) is 71.0 Å². The van der Waals surface area contributed by atoms with Crippen LogP contribution in [0.3, 0.4) is 0 Å². The fourth-order valence-electron chi connectivity index (χ4n) is 4.69. The molecule has 0 aliphatic carbocycles. The summed E-state index contributed by atoms with van der Waals surface area (Å²) in [5.74, 6) is 0.681. The number of rotatable bonds is 4. The molecule has 0 bridgehead atoms. The molecule has 0 radical (unpaired) electrons. The first-order chi connectivity index (χ1) is 15.1. The Morgan fingerprint density at radius 1 is 1.13 bits per heavy atom. The number of hydrogen-bond acceptors (Lipinski definition) is 3. The third kappa shape index (κ3) is 4.91. The fraction of sp³-hybridized carbons (Fsp3) is 0.480. The van der Waals surface area contributed by atoms with Gasteiger partial charge in [0.2, 0.25) is 0 Å². The molecule has 1 unspecified atom stereocenters. The number of nitrogens with zero attached hydrogens (tertiary/aromatic N) is 2. The van der Waals surface area contributed by atoms with Crippen LogP contribution in [0, 0.1) is 12.7 Å². The quantitative estimate of drug-likeness (QED) is 0.597. The molecule has 2 aliphatic heterocycles. The van der Waals surface area contributed by atoms with Gasteiger partial charge in [0.05, 0.1) is 13.2 Å². The van der Waals surface area contributed by atoms with E-state index in [1.807, 2.05) is 19.2 Å². The van der Waals surface area contributed by atoms with Crippen LogP contribution in [0.2, 0.25) is 0 Å². The number of morpholine rings is 1. The SMILES string of the molecule is CN=C(NCC1(c2ccc(F)cc2)CCOCC1)N1CCOC(c2ccccc2C)C1. The molecule has 0 amide bonds. The Labute approximate surface area is 184 Å².